The second-order valence-corrected chi connectivity index (χ2v) is 8.58. The molecule has 0 radical (unpaired) electrons. The van der Waals surface area contributed by atoms with Crippen molar-refractivity contribution in [2.45, 2.75) is 40.7 Å². The van der Waals surface area contributed by atoms with Crippen molar-refractivity contribution in [2.75, 3.05) is 26.2 Å². The number of amides is 3. The van der Waals surface area contributed by atoms with E-state index in [4.69, 9.17) is 0 Å². The SMILES string of the molecule is Cc1ccc(-n2c(C)cc(C=CC(=O)N3CCN(C(=O)C(=O)NC(C)C)CC3)c2C)cc1. The van der Waals surface area contributed by atoms with E-state index in [0.717, 1.165) is 22.6 Å². The van der Waals surface area contributed by atoms with Crippen molar-refractivity contribution in [2.24, 2.45) is 0 Å². The molecular weight excluding hydrogens is 404 g/mol. The molecule has 3 rings (SSSR count). The highest BCUT2D eigenvalue weighted by Crippen LogP contribution is 2.22. The summed E-state index contributed by atoms with van der Waals surface area (Å²) >= 11 is 0. The largest absolute Gasteiger partial charge is 0.346 e. The zero-order valence-electron chi connectivity index (χ0n) is 19.5. The fourth-order valence-corrected chi connectivity index (χ4v) is 3.91. The van der Waals surface area contributed by atoms with E-state index in [0.29, 0.717) is 26.2 Å². The third-order valence-electron chi connectivity index (χ3n) is 5.66. The molecule has 0 spiro atoms. The Labute approximate surface area is 189 Å². The fourth-order valence-electron chi connectivity index (χ4n) is 3.91. The molecule has 0 unspecified atom stereocenters. The smallest absolute Gasteiger partial charge is 0.312 e. The lowest BCUT2D eigenvalue weighted by molar-refractivity contribution is -0.148. The lowest BCUT2D eigenvalue weighted by atomic mass is 10.2. The predicted molar refractivity (Wildman–Crippen MR) is 125 cm³/mol. The number of piperazine rings is 1. The van der Waals surface area contributed by atoms with Crippen LogP contribution in [-0.2, 0) is 14.4 Å². The number of aromatic nitrogens is 1. The minimum absolute atomic E-state index is 0.0904. The Morgan fingerprint density at radius 3 is 2.12 bits per heavy atom. The third-order valence-corrected chi connectivity index (χ3v) is 5.66. The van der Waals surface area contributed by atoms with Gasteiger partial charge in [0, 0.05) is 55.4 Å². The molecule has 1 aliphatic heterocycles. The van der Waals surface area contributed by atoms with Crippen LogP contribution in [0, 0.1) is 20.8 Å². The van der Waals surface area contributed by atoms with Gasteiger partial charge in [0.15, 0.2) is 0 Å². The lowest BCUT2D eigenvalue weighted by Crippen LogP contribution is -2.54. The molecule has 1 aromatic heterocycles. The highest BCUT2D eigenvalue weighted by atomic mass is 16.2. The van der Waals surface area contributed by atoms with Crippen LogP contribution < -0.4 is 5.32 Å². The highest BCUT2D eigenvalue weighted by Gasteiger charge is 2.27. The molecule has 1 N–H and O–H groups in total. The first-order valence-electron chi connectivity index (χ1n) is 11.0. The number of nitrogens with one attached hydrogen (secondary N) is 1. The van der Waals surface area contributed by atoms with Gasteiger partial charge in [0.1, 0.15) is 0 Å². The highest BCUT2D eigenvalue weighted by molar-refractivity contribution is 6.35. The van der Waals surface area contributed by atoms with Gasteiger partial charge in [-0.15, -0.1) is 0 Å². The van der Waals surface area contributed by atoms with Crippen LogP contribution in [-0.4, -0.2) is 64.3 Å². The zero-order chi connectivity index (χ0) is 23.4. The Bertz CT molecular complexity index is 1030. The van der Waals surface area contributed by atoms with Crippen molar-refractivity contribution >= 4 is 23.8 Å². The molecule has 7 nitrogen and oxygen atoms in total. The Hall–Kier alpha value is -3.35. The Balaban J connectivity index is 1.62. The van der Waals surface area contributed by atoms with E-state index in [1.807, 2.05) is 26.8 Å². The molecule has 3 amide bonds. The number of benzene rings is 1. The van der Waals surface area contributed by atoms with Crippen LogP contribution in [0.2, 0.25) is 0 Å². The van der Waals surface area contributed by atoms with Crippen molar-refractivity contribution in [3.05, 3.63) is 58.9 Å². The number of hydrogen-bond donors (Lipinski definition) is 1. The molecule has 7 heteroatoms. The monoisotopic (exact) mass is 436 g/mol. The topological polar surface area (TPSA) is 74.7 Å². The van der Waals surface area contributed by atoms with Crippen LogP contribution in [0.15, 0.2) is 36.4 Å². The van der Waals surface area contributed by atoms with E-state index in [1.54, 1.807) is 11.0 Å². The Morgan fingerprint density at radius 1 is 0.938 bits per heavy atom. The van der Waals surface area contributed by atoms with Gasteiger partial charge in [-0.2, -0.15) is 0 Å². The number of rotatable bonds is 4. The summed E-state index contributed by atoms with van der Waals surface area (Å²) < 4.78 is 2.18. The van der Waals surface area contributed by atoms with Gasteiger partial charge in [-0.1, -0.05) is 17.7 Å². The van der Waals surface area contributed by atoms with E-state index in [2.05, 4.69) is 54.1 Å². The summed E-state index contributed by atoms with van der Waals surface area (Å²) in [7, 11) is 0. The minimum Gasteiger partial charge on any atom is -0.346 e. The van der Waals surface area contributed by atoms with E-state index in [9.17, 15) is 14.4 Å². The van der Waals surface area contributed by atoms with Crippen LogP contribution >= 0.6 is 0 Å². The van der Waals surface area contributed by atoms with E-state index >= 15 is 0 Å². The number of hydrogen-bond acceptors (Lipinski definition) is 3. The van der Waals surface area contributed by atoms with Crippen molar-refractivity contribution in [3.63, 3.8) is 0 Å². The number of carbonyl (C=O) groups excluding carboxylic acids is 3. The van der Waals surface area contributed by atoms with Crippen LogP contribution in [0.25, 0.3) is 11.8 Å². The maximum atomic E-state index is 12.7. The van der Waals surface area contributed by atoms with Gasteiger partial charge in [-0.05, 0) is 64.5 Å². The van der Waals surface area contributed by atoms with E-state index < -0.39 is 11.8 Å². The second kappa shape index (κ2) is 9.85. The molecule has 2 aromatic rings. The summed E-state index contributed by atoms with van der Waals surface area (Å²) in [5.74, 6) is -1.22. The van der Waals surface area contributed by atoms with Gasteiger partial charge in [0.25, 0.3) is 0 Å². The average Bonchev–Trinajstić information content (AvgIpc) is 3.05. The predicted octanol–water partition coefficient (Wildman–Crippen LogP) is 2.61. The Morgan fingerprint density at radius 2 is 1.53 bits per heavy atom. The normalized spacial score (nSPS) is 14.3. The maximum Gasteiger partial charge on any atom is 0.312 e. The maximum absolute atomic E-state index is 12.7. The molecule has 0 bridgehead atoms. The molecule has 1 fully saturated rings. The molecular formula is C25H32N4O3. The standard InChI is InChI=1S/C25H32N4O3/c1-17(2)26-24(31)25(32)28-14-12-27(13-15-28)23(30)11-8-21-16-19(4)29(20(21)5)22-9-6-18(3)7-10-22/h6-11,16-17H,12-15H2,1-5H3,(H,26,31). The zero-order valence-corrected chi connectivity index (χ0v) is 19.5. The first-order valence-corrected chi connectivity index (χ1v) is 11.0. The fraction of sp³-hybridized carbons (Fsp3) is 0.400. The van der Waals surface area contributed by atoms with Crippen molar-refractivity contribution < 1.29 is 14.4 Å². The molecule has 1 aliphatic rings. The molecule has 1 aromatic carbocycles. The second-order valence-electron chi connectivity index (χ2n) is 8.58. The number of nitrogens with zero attached hydrogens (tertiary/aromatic N) is 3. The van der Waals surface area contributed by atoms with Gasteiger partial charge in [-0.25, -0.2) is 0 Å². The molecule has 0 aliphatic carbocycles. The molecule has 0 atom stereocenters. The summed E-state index contributed by atoms with van der Waals surface area (Å²) in [6.45, 7) is 11.3. The molecule has 1 saturated heterocycles. The summed E-state index contributed by atoms with van der Waals surface area (Å²) in [5.41, 5.74) is 5.48. The van der Waals surface area contributed by atoms with Crippen LogP contribution in [0.1, 0.15) is 36.4 Å². The summed E-state index contributed by atoms with van der Waals surface area (Å²) in [5, 5.41) is 2.61. The summed E-state index contributed by atoms with van der Waals surface area (Å²) in [4.78, 5) is 40.0. The number of carbonyl (C=O) groups is 3. The van der Waals surface area contributed by atoms with Crippen molar-refractivity contribution in [1.29, 1.82) is 0 Å². The van der Waals surface area contributed by atoms with Crippen LogP contribution in [0.4, 0.5) is 0 Å². The van der Waals surface area contributed by atoms with Gasteiger partial charge in [0.05, 0.1) is 0 Å². The minimum atomic E-state index is -0.594. The van der Waals surface area contributed by atoms with Crippen LogP contribution in [0.3, 0.4) is 0 Å². The van der Waals surface area contributed by atoms with Gasteiger partial charge >= 0.3 is 11.8 Å². The first-order chi connectivity index (χ1) is 15.2. The number of aryl methyl sites for hydroxylation is 2. The molecule has 2 heterocycles. The van der Waals surface area contributed by atoms with Gasteiger partial charge < -0.3 is 19.7 Å². The van der Waals surface area contributed by atoms with Crippen LogP contribution in [0.5, 0.6) is 0 Å². The summed E-state index contributed by atoms with van der Waals surface area (Å²) in [6.07, 6.45) is 3.44. The van der Waals surface area contributed by atoms with Gasteiger partial charge in [-0.3, -0.25) is 14.4 Å². The van der Waals surface area contributed by atoms with E-state index in [1.165, 1.54) is 10.5 Å². The summed E-state index contributed by atoms with van der Waals surface area (Å²) in [6, 6.07) is 10.3. The van der Waals surface area contributed by atoms with Gasteiger partial charge in [0.2, 0.25) is 5.91 Å². The lowest BCUT2D eigenvalue weighted by Gasteiger charge is -2.33. The quantitative estimate of drug-likeness (QED) is 0.591. The first kappa shape index (κ1) is 23.3. The van der Waals surface area contributed by atoms with Crippen molar-refractivity contribution in [1.82, 2.24) is 19.7 Å². The Kier molecular flexibility index (Phi) is 7.18. The molecule has 0 saturated carbocycles. The molecule has 32 heavy (non-hydrogen) atoms. The molecule has 170 valence electrons. The average molecular weight is 437 g/mol. The van der Waals surface area contributed by atoms with E-state index in [-0.39, 0.29) is 11.9 Å². The third kappa shape index (κ3) is 5.28. The van der Waals surface area contributed by atoms with Crippen molar-refractivity contribution in [3.8, 4) is 5.69 Å².